The average Bonchev–Trinajstić information content (AvgIpc) is 3.22. The van der Waals surface area contributed by atoms with Crippen molar-refractivity contribution in [3.05, 3.63) is 76.6 Å². The first-order chi connectivity index (χ1) is 13.6. The van der Waals surface area contributed by atoms with Gasteiger partial charge in [0.1, 0.15) is 5.69 Å². The Bertz CT molecular complexity index is 1030. The molecule has 2 aromatic heterocycles. The average molecular weight is 382 g/mol. The summed E-state index contributed by atoms with van der Waals surface area (Å²) in [5.41, 5.74) is 0.702. The highest BCUT2D eigenvalue weighted by Crippen LogP contribution is 2.17. The van der Waals surface area contributed by atoms with Gasteiger partial charge < -0.3 is 19.8 Å². The van der Waals surface area contributed by atoms with Crippen LogP contribution in [0.3, 0.4) is 0 Å². The second kappa shape index (κ2) is 8.78. The molecule has 0 aliphatic rings. The maximum absolute atomic E-state index is 12.4. The van der Waals surface area contributed by atoms with Gasteiger partial charge >= 0.3 is 0 Å². The molecule has 0 aliphatic heterocycles. The van der Waals surface area contributed by atoms with Crippen molar-refractivity contribution in [3.63, 3.8) is 0 Å². The first kappa shape index (κ1) is 19.1. The van der Waals surface area contributed by atoms with Crippen molar-refractivity contribution in [2.75, 3.05) is 24.4 Å². The van der Waals surface area contributed by atoms with Crippen molar-refractivity contribution in [3.8, 4) is 0 Å². The van der Waals surface area contributed by atoms with Crippen molar-refractivity contribution >= 4 is 23.2 Å². The number of ether oxygens (including phenoxy) is 1. The number of hydrogen-bond acceptors (Lipinski definition) is 6. The molecule has 28 heavy (non-hydrogen) atoms. The number of hydrogen-bond donors (Lipinski definition) is 2. The number of carbonyl (C=O) groups is 2. The largest absolute Gasteiger partial charge is 0.459 e. The number of aromatic nitrogens is 2. The third kappa shape index (κ3) is 4.71. The van der Waals surface area contributed by atoms with Gasteiger partial charge in [-0.25, -0.2) is 4.68 Å². The molecule has 1 aromatic carbocycles. The van der Waals surface area contributed by atoms with E-state index in [1.807, 2.05) is 0 Å². The Labute approximate surface area is 159 Å². The van der Waals surface area contributed by atoms with Crippen LogP contribution in [0.25, 0.3) is 0 Å². The van der Waals surface area contributed by atoms with Gasteiger partial charge in [-0.15, -0.1) is 0 Å². The number of methoxy groups -OCH3 is 1. The van der Waals surface area contributed by atoms with Crippen molar-refractivity contribution in [2.24, 2.45) is 0 Å². The summed E-state index contributed by atoms with van der Waals surface area (Å²) < 4.78 is 11.1. The van der Waals surface area contributed by atoms with Crippen molar-refractivity contribution < 1.29 is 18.7 Å². The number of nitrogens with one attached hydrogen (secondary N) is 2. The zero-order valence-electron chi connectivity index (χ0n) is 15.0. The van der Waals surface area contributed by atoms with Crippen LogP contribution in [0, 0.1) is 0 Å². The maximum atomic E-state index is 12.4. The van der Waals surface area contributed by atoms with Gasteiger partial charge in [-0.3, -0.25) is 14.4 Å². The van der Waals surface area contributed by atoms with Gasteiger partial charge in [0.2, 0.25) is 0 Å². The highest BCUT2D eigenvalue weighted by molar-refractivity contribution is 6.04. The summed E-state index contributed by atoms with van der Waals surface area (Å²) in [6.07, 6.45) is 1.41. The predicted octanol–water partition coefficient (Wildman–Crippen LogP) is 1.99. The molecule has 2 amide bonds. The zero-order valence-corrected chi connectivity index (χ0v) is 15.0. The highest BCUT2D eigenvalue weighted by atomic mass is 16.5. The summed E-state index contributed by atoms with van der Waals surface area (Å²) in [6, 6.07) is 12.4. The van der Waals surface area contributed by atoms with Crippen LogP contribution < -0.4 is 16.2 Å². The van der Waals surface area contributed by atoms with E-state index in [9.17, 15) is 14.4 Å². The van der Waals surface area contributed by atoms with Gasteiger partial charge in [-0.1, -0.05) is 6.07 Å². The minimum atomic E-state index is -0.485. The second-order valence-corrected chi connectivity index (χ2v) is 5.74. The van der Waals surface area contributed by atoms with Crippen LogP contribution in [0.2, 0.25) is 0 Å². The Morgan fingerprint density at radius 1 is 1.07 bits per heavy atom. The third-order valence-corrected chi connectivity index (χ3v) is 3.73. The molecule has 0 atom stereocenters. The minimum Gasteiger partial charge on any atom is -0.459 e. The summed E-state index contributed by atoms with van der Waals surface area (Å²) >= 11 is 0. The number of amides is 2. The molecule has 0 spiro atoms. The number of anilines is 2. The van der Waals surface area contributed by atoms with E-state index in [0.717, 1.165) is 0 Å². The van der Waals surface area contributed by atoms with Gasteiger partial charge in [-0.05, 0) is 36.4 Å². The molecule has 144 valence electrons. The van der Waals surface area contributed by atoms with E-state index < -0.39 is 11.8 Å². The lowest BCUT2D eigenvalue weighted by Crippen LogP contribution is -2.27. The summed E-state index contributed by atoms with van der Waals surface area (Å²) in [5, 5.41) is 9.41. The lowest BCUT2D eigenvalue weighted by molar-refractivity contribution is 0.0994. The molecule has 9 heteroatoms. The van der Waals surface area contributed by atoms with Crippen molar-refractivity contribution in [1.82, 2.24) is 9.78 Å². The van der Waals surface area contributed by atoms with Gasteiger partial charge in [0.25, 0.3) is 17.4 Å². The standard InChI is InChI=1S/C19H18N4O5/c1-27-11-9-23-17(24)8-7-15(22-23)18(25)20-13-4-2-5-14(12-13)21-19(26)16-6-3-10-28-16/h2-8,10,12H,9,11H2,1H3,(H,20,25)(H,21,26). The number of nitrogens with zero attached hydrogens (tertiary/aromatic N) is 2. The zero-order chi connectivity index (χ0) is 19.9. The van der Waals surface area contributed by atoms with E-state index in [1.54, 1.807) is 36.4 Å². The molecule has 0 bridgehead atoms. The van der Waals surface area contributed by atoms with E-state index in [1.165, 1.54) is 30.2 Å². The molecule has 0 radical (unpaired) electrons. The molecule has 0 aliphatic carbocycles. The fourth-order valence-electron chi connectivity index (χ4n) is 2.38. The lowest BCUT2D eigenvalue weighted by atomic mass is 10.2. The van der Waals surface area contributed by atoms with Crippen molar-refractivity contribution in [1.29, 1.82) is 0 Å². The SMILES string of the molecule is COCCn1nc(C(=O)Nc2cccc(NC(=O)c3ccco3)c2)ccc1=O. The quantitative estimate of drug-likeness (QED) is 0.646. The van der Waals surface area contributed by atoms with Gasteiger partial charge in [0.05, 0.1) is 19.4 Å². The van der Waals surface area contributed by atoms with Crippen LogP contribution in [0.1, 0.15) is 21.0 Å². The smallest absolute Gasteiger partial charge is 0.291 e. The lowest BCUT2D eigenvalue weighted by Gasteiger charge is -2.09. The molecule has 0 saturated heterocycles. The number of furan rings is 1. The molecular weight excluding hydrogens is 364 g/mol. The molecule has 2 N–H and O–H groups in total. The normalized spacial score (nSPS) is 10.5. The second-order valence-electron chi connectivity index (χ2n) is 5.74. The van der Waals surface area contributed by atoms with Gasteiger partial charge in [0.15, 0.2) is 5.76 Å². The first-order valence-corrected chi connectivity index (χ1v) is 8.40. The van der Waals surface area contributed by atoms with E-state index in [-0.39, 0.29) is 23.6 Å². The van der Waals surface area contributed by atoms with E-state index in [4.69, 9.17) is 9.15 Å². The van der Waals surface area contributed by atoms with E-state index in [2.05, 4.69) is 15.7 Å². The summed E-state index contributed by atoms with van der Waals surface area (Å²) in [5.74, 6) is -0.710. The monoisotopic (exact) mass is 382 g/mol. The predicted molar refractivity (Wildman–Crippen MR) is 101 cm³/mol. The number of carbonyl (C=O) groups excluding carboxylic acids is 2. The Balaban J connectivity index is 1.70. The molecular formula is C19H18N4O5. The fraction of sp³-hybridized carbons (Fsp3) is 0.158. The van der Waals surface area contributed by atoms with Crippen LogP contribution in [0.5, 0.6) is 0 Å². The van der Waals surface area contributed by atoms with Crippen LogP contribution in [-0.4, -0.2) is 35.3 Å². The molecule has 3 rings (SSSR count). The summed E-state index contributed by atoms with van der Waals surface area (Å²) in [7, 11) is 1.51. The number of rotatable bonds is 7. The summed E-state index contributed by atoms with van der Waals surface area (Å²) in [6.45, 7) is 0.542. The Hall–Kier alpha value is -3.72. The molecule has 0 fully saturated rings. The Morgan fingerprint density at radius 2 is 1.82 bits per heavy atom. The molecule has 0 unspecified atom stereocenters. The minimum absolute atomic E-state index is 0.0840. The van der Waals surface area contributed by atoms with E-state index >= 15 is 0 Å². The van der Waals surface area contributed by atoms with Gasteiger partial charge in [-0.2, -0.15) is 5.10 Å². The Morgan fingerprint density at radius 3 is 2.50 bits per heavy atom. The third-order valence-electron chi connectivity index (χ3n) is 3.73. The molecule has 2 heterocycles. The Kier molecular flexibility index (Phi) is 5.97. The first-order valence-electron chi connectivity index (χ1n) is 8.40. The maximum Gasteiger partial charge on any atom is 0.291 e. The number of benzene rings is 1. The fourth-order valence-corrected chi connectivity index (χ4v) is 2.38. The van der Waals surface area contributed by atoms with Crippen LogP contribution in [0.15, 0.2) is 64.0 Å². The van der Waals surface area contributed by atoms with Crippen LogP contribution in [-0.2, 0) is 11.3 Å². The van der Waals surface area contributed by atoms with Gasteiger partial charge in [0, 0.05) is 24.6 Å². The topological polar surface area (TPSA) is 115 Å². The van der Waals surface area contributed by atoms with Crippen LogP contribution >= 0.6 is 0 Å². The molecule has 0 saturated carbocycles. The van der Waals surface area contributed by atoms with Crippen molar-refractivity contribution in [2.45, 2.75) is 6.54 Å². The van der Waals surface area contributed by atoms with E-state index in [0.29, 0.717) is 18.0 Å². The highest BCUT2D eigenvalue weighted by Gasteiger charge is 2.12. The molecule has 3 aromatic rings. The van der Waals surface area contributed by atoms with Crippen LogP contribution in [0.4, 0.5) is 11.4 Å². The molecule has 9 nitrogen and oxygen atoms in total. The summed E-state index contributed by atoms with van der Waals surface area (Å²) in [4.78, 5) is 36.3.